The third-order valence-corrected chi connectivity index (χ3v) is 5.99. The zero-order valence-corrected chi connectivity index (χ0v) is 19.8. The highest BCUT2D eigenvalue weighted by Crippen LogP contribution is 2.40. The summed E-state index contributed by atoms with van der Waals surface area (Å²) in [5.74, 6) is -0.917. The van der Waals surface area contributed by atoms with Crippen LogP contribution in [0.15, 0.2) is 78.6 Å². The molecule has 180 valence electrons. The third kappa shape index (κ3) is 5.25. The smallest absolute Gasteiger partial charge is 0.295 e. The molecule has 1 amide bonds. The Hall–Kier alpha value is -3.97. The molecule has 1 saturated heterocycles. The average Bonchev–Trinajstić information content (AvgIpc) is 3.13. The maximum absolute atomic E-state index is 13.1. The number of Topliss-reactive ketones (excluding diaryl/α,β-unsaturated/α-hetero) is 1. The second kappa shape index (κ2) is 11.0. The van der Waals surface area contributed by atoms with Gasteiger partial charge in [-0.25, -0.2) is 0 Å². The van der Waals surface area contributed by atoms with Crippen LogP contribution >= 0.6 is 0 Å². The van der Waals surface area contributed by atoms with Gasteiger partial charge in [-0.2, -0.15) is 0 Å². The van der Waals surface area contributed by atoms with Crippen molar-refractivity contribution in [2.45, 2.75) is 26.0 Å². The van der Waals surface area contributed by atoms with Crippen molar-refractivity contribution >= 4 is 17.4 Å². The lowest BCUT2D eigenvalue weighted by atomic mass is 9.94. The molecule has 0 spiro atoms. The van der Waals surface area contributed by atoms with E-state index in [0.29, 0.717) is 43.1 Å². The molecular formula is C28H28N2O5. The van der Waals surface area contributed by atoms with Gasteiger partial charge in [0.25, 0.3) is 11.7 Å². The molecule has 0 aliphatic carbocycles. The van der Waals surface area contributed by atoms with Crippen LogP contribution in [0, 0.1) is 6.92 Å². The van der Waals surface area contributed by atoms with Crippen LogP contribution < -0.4 is 4.74 Å². The van der Waals surface area contributed by atoms with Gasteiger partial charge in [0.05, 0.1) is 11.6 Å². The first kappa shape index (κ1) is 24.2. The summed E-state index contributed by atoms with van der Waals surface area (Å²) in [6.45, 7) is 3.02. The molecule has 7 nitrogen and oxygen atoms in total. The summed E-state index contributed by atoms with van der Waals surface area (Å²) < 4.78 is 11.0. The standard InChI is InChI=1S/C28H28N2O5/c1-19-16-22(35-18-20-8-4-3-5-9-20)11-12-23(19)26(31)24-25(21-10-6-13-29-17-21)30(14-7-15-34-2)28(33)27(24)32/h3-6,8-13,16-17,25,31H,7,14-15,18H2,1-2H3/t25-/m1/s1. The van der Waals surface area contributed by atoms with E-state index >= 15 is 0 Å². The Morgan fingerprint density at radius 1 is 1.09 bits per heavy atom. The monoisotopic (exact) mass is 472 g/mol. The minimum absolute atomic E-state index is 0.0569. The number of aliphatic hydroxyl groups excluding tert-OH is 1. The number of ether oxygens (including phenoxy) is 2. The number of benzene rings is 2. The van der Waals surface area contributed by atoms with Crippen LogP contribution in [0.2, 0.25) is 0 Å². The van der Waals surface area contributed by atoms with Crippen molar-refractivity contribution in [2.75, 3.05) is 20.3 Å². The second-order valence-electron chi connectivity index (χ2n) is 8.38. The summed E-state index contributed by atoms with van der Waals surface area (Å²) in [6.07, 6.45) is 3.80. The van der Waals surface area contributed by atoms with E-state index in [9.17, 15) is 14.7 Å². The van der Waals surface area contributed by atoms with Crippen molar-refractivity contribution in [3.8, 4) is 5.75 Å². The molecule has 3 aromatic rings. The number of carbonyl (C=O) groups is 2. The maximum Gasteiger partial charge on any atom is 0.295 e. The summed E-state index contributed by atoms with van der Waals surface area (Å²) >= 11 is 0. The van der Waals surface area contributed by atoms with Crippen molar-refractivity contribution in [2.24, 2.45) is 0 Å². The van der Waals surface area contributed by atoms with Crippen LogP contribution in [-0.2, 0) is 20.9 Å². The van der Waals surface area contributed by atoms with Gasteiger partial charge in [0.1, 0.15) is 18.1 Å². The molecule has 7 heteroatoms. The zero-order chi connectivity index (χ0) is 24.8. The molecule has 0 radical (unpaired) electrons. The highest BCUT2D eigenvalue weighted by molar-refractivity contribution is 6.46. The molecule has 0 unspecified atom stereocenters. The molecule has 1 N–H and O–H groups in total. The number of amides is 1. The molecule has 1 fully saturated rings. The van der Waals surface area contributed by atoms with Crippen LogP contribution in [0.1, 0.15) is 34.7 Å². The van der Waals surface area contributed by atoms with Crippen molar-refractivity contribution < 1.29 is 24.2 Å². The van der Waals surface area contributed by atoms with Gasteiger partial charge in [-0.3, -0.25) is 14.6 Å². The SMILES string of the molecule is COCCCN1C(=O)C(=O)C(=C(O)c2ccc(OCc3ccccc3)cc2C)[C@H]1c1cccnc1. The molecule has 1 aromatic heterocycles. The predicted molar refractivity (Wildman–Crippen MR) is 132 cm³/mol. The molecule has 0 saturated carbocycles. The number of rotatable bonds is 9. The van der Waals surface area contributed by atoms with Gasteiger partial charge in [0.2, 0.25) is 0 Å². The Morgan fingerprint density at radius 3 is 2.57 bits per heavy atom. The number of ketones is 1. The first-order valence-corrected chi connectivity index (χ1v) is 11.5. The summed E-state index contributed by atoms with van der Waals surface area (Å²) in [6, 6.07) is 17.9. The molecule has 1 atom stereocenters. The second-order valence-corrected chi connectivity index (χ2v) is 8.38. The highest BCUT2D eigenvalue weighted by Gasteiger charge is 2.46. The minimum Gasteiger partial charge on any atom is -0.507 e. The Kier molecular flexibility index (Phi) is 7.57. The molecule has 2 heterocycles. The quantitative estimate of drug-likeness (QED) is 0.215. The maximum atomic E-state index is 13.1. The van der Waals surface area contributed by atoms with E-state index in [0.717, 1.165) is 11.1 Å². The number of likely N-dealkylation sites (tertiary alicyclic amines) is 1. The molecular weight excluding hydrogens is 444 g/mol. The van der Waals surface area contributed by atoms with E-state index in [-0.39, 0.29) is 11.3 Å². The van der Waals surface area contributed by atoms with Gasteiger partial charge >= 0.3 is 0 Å². The Morgan fingerprint density at radius 2 is 1.89 bits per heavy atom. The van der Waals surface area contributed by atoms with Gasteiger partial charge in [0.15, 0.2) is 0 Å². The lowest BCUT2D eigenvalue weighted by Gasteiger charge is -2.25. The molecule has 0 bridgehead atoms. The largest absolute Gasteiger partial charge is 0.507 e. The van der Waals surface area contributed by atoms with Crippen LogP contribution in [0.5, 0.6) is 5.75 Å². The van der Waals surface area contributed by atoms with E-state index in [1.165, 1.54) is 4.90 Å². The van der Waals surface area contributed by atoms with E-state index in [1.54, 1.807) is 43.8 Å². The lowest BCUT2D eigenvalue weighted by molar-refractivity contribution is -0.140. The predicted octanol–water partition coefficient (Wildman–Crippen LogP) is 4.43. The van der Waals surface area contributed by atoms with Crippen LogP contribution in [0.3, 0.4) is 0 Å². The summed E-state index contributed by atoms with van der Waals surface area (Å²) in [5.41, 5.74) is 2.96. The van der Waals surface area contributed by atoms with Gasteiger partial charge in [-0.1, -0.05) is 36.4 Å². The highest BCUT2D eigenvalue weighted by atomic mass is 16.5. The molecule has 2 aromatic carbocycles. The number of aliphatic hydroxyl groups is 1. The Bertz CT molecular complexity index is 1220. The fourth-order valence-corrected chi connectivity index (χ4v) is 4.25. The number of aromatic nitrogens is 1. The lowest BCUT2D eigenvalue weighted by Crippen LogP contribution is -2.31. The number of methoxy groups -OCH3 is 1. The van der Waals surface area contributed by atoms with Crippen LogP contribution in [0.25, 0.3) is 5.76 Å². The van der Waals surface area contributed by atoms with Crippen LogP contribution in [0.4, 0.5) is 0 Å². The third-order valence-electron chi connectivity index (χ3n) is 5.99. The summed E-state index contributed by atoms with van der Waals surface area (Å²) in [5, 5.41) is 11.3. The van der Waals surface area contributed by atoms with E-state index in [1.807, 2.05) is 43.3 Å². The number of aryl methyl sites for hydroxylation is 1. The minimum atomic E-state index is -0.728. The van der Waals surface area contributed by atoms with E-state index in [4.69, 9.17) is 9.47 Å². The van der Waals surface area contributed by atoms with Gasteiger partial charge in [-0.15, -0.1) is 0 Å². The van der Waals surface area contributed by atoms with Crippen molar-refractivity contribution in [1.82, 2.24) is 9.88 Å². The average molecular weight is 473 g/mol. The van der Waals surface area contributed by atoms with Gasteiger partial charge < -0.3 is 19.5 Å². The van der Waals surface area contributed by atoms with Crippen molar-refractivity contribution in [3.63, 3.8) is 0 Å². The fraction of sp³-hybridized carbons (Fsp3) is 0.250. The number of pyridine rings is 1. The van der Waals surface area contributed by atoms with E-state index < -0.39 is 17.7 Å². The first-order valence-electron chi connectivity index (χ1n) is 11.5. The van der Waals surface area contributed by atoms with Gasteiger partial charge in [0, 0.05) is 38.2 Å². The number of hydrogen-bond donors (Lipinski definition) is 1. The zero-order valence-electron chi connectivity index (χ0n) is 19.8. The normalized spacial score (nSPS) is 17.1. The first-order chi connectivity index (χ1) is 17.0. The number of carbonyl (C=O) groups excluding carboxylic acids is 2. The van der Waals surface area contributed by atoms with Crippen molar-refractivity contribution in [3.05, 3.63) is 101 Å². The van der Waals surface area contributed by atoms with Crippen LogP contribution in [-0.4, -0.2) is 46.9 Å². The number of hydrogen-bond acceptors (Lipinski definition) is 6. The van der Waals surface area contributed by atoms with E-state index in [2.05, 4.69) is 4.98 Å². The number of nitrogens with zero attached hydrogens (tertiary/aromatic N) is 2. The summed E-state index contributed by atoms with van der Waals surface area (Å²) in [4.78, 5) is 31.7. The Labute approximate surface area is 204 Å². The van der Waals surface area contributed by atoms with Gasteiger partial charge in [-0.05, 0) is 54.3 Å². The molecule has 4 rings (SSSR count). The Balaban J connectivity index is 1.67. The summed E-state index contributed by atoms with van der Waals surface area (Å²) in [7, 11) is 1.59. The topological polar surface area (TPSA) is 89.0 Å². The molecule has 1 aliphatic rings. The van der Waals surface area contributed by atoms with Crippen molar-refractivity contribution in [1.29, 1.82) is 0 Å². The molecule has 35 heavy (non-hydrogen) atoms. The fourth-order valence-electron chi connectivity index (χ4n) is 4.25. The molecule has 1 aliphatic heterocycles.